The summed E-state index contributed by atoms with van der Waals surface area (Å²) >= 11 is 1.53. The predicted octanol–water partition coefficient (Wildman–Crippen LogP) is 4.23. The highest BCUT2D eigenvalue weighted by Gasteiger charge is 2.39. The molecular formula is C23H23N3O3S. The van der Waals surface area contributed by atoms with Crippen molar-refractivity contribution in [2.45, 2.75) is 19.3 Å². The maximum atomic E-state index is 13.2. The molecule has 2 heterocycles. The highest BCUT2D eigenvalue weighted by atomic mass is 32.2. The van der Waals surface area contributed by atoms with Gasteiger partial charge in [0.15, 0.2) is 11.5 Å². The van der Waals surface area contributed by atoms with E-state index in [1.165, 1.54) is 11.8 Å². The highest BCUT2D eigenvalue weighted by molar-refractivity contribution is 8.03. The number of nitriles is 1. The lowest BCUT2D eigenvalue weighted by atomic mass is 9.85. The smallest absolute Gasteiger partial charge is 0.229 e. The van der Waals surface area contributed by atoms with E-state index in [1.807, 2.05) is 30.3 Å². The maximum Gasteiger partial charge on any atom is 0.229 e. The molecule has 0 saturated carbocycles. The maximum absolute atomic E-state index is 13.2. The number of para-hydroxylation sites is 2. The molecule has 2 aromatic rings. The van der Waals surface area contributed by atoms with Crippen molar-refractivity contribution in [2.75, 3.05) is 31.7 Å². The molecule has 4 rings (SSSR count). The van der Waals surface area contributed by atoms with Crippen molar-refractivity contribution < 1.29 is 14.3 Å². The first kappa shape index (κ1) is 20.2. The normalized spacial score (nSPS) is 18.7. The van der Waals surface area contributed by atoms with Crippen LogP contribution in [0.5, 0.6) is 11.5 Å². The number of hydrogen-bond acceptors (Lipinski definition) is 6. The number of ether oxygens (including phenoxy) is 2. The summed E-state index contributed by atoms with van der Waals surface area (Å²) in [6, 6.07) is 16.1. The number of thioether (sulfide) groups is 1. The molecule has 6 nitrogen and oxygen atoms in total. The van der Waals surface area contributed by atoms with Crippen molar-refractivity contribution >= 4 is 23.4 Å². The number of allylic oxidation sites excluding steroid dienone is 1. The van der Waals surface area contributed by atoms with Crippen LogP contribution in [0.25, 0.3) is 0 Å². The number of nitrogens with zero attached hydrogens (tertiary/aromatic N) is 3. The van der Waals surface area contributed by atoms with Crippen LogP contribution in [0.3, 0.4) is 0 Å². The molecule has 0 aliphatic carbocycles. The van der Waals surface area contributed by atoms with Crippen LogP contribution in [0.4, 0.5) is 5.69 Å². The lowest BCUT2D eigenvalue weighted by Crippen LogP contribution is -2.47. The third-order valence-corrected chi connectivity index (χ3v) is 6.71. The van der Waals surface area contributed by atoms with E-state index in [9.17, 15) is 10.1 Å². The largest absolute Gasteiger partial charge is 0.493 e. The Hall–Kier alpha value is -3.11. The Labute approximate surface area is 180 Å². The fourth-order valence-electron chi connectivity index (χ4n) is 4.09. The zero-order valence-corrected chi connectivity index (χ0v) is 18.0. The molecule has 7 heteroatoms. The fraction of sp³-hybridized carbons (Fsp3) is 0.304. The number of methoxy groups -OCH3 is 2. The molecule has 2 aliphatic rings. The first-order valence-electron chi connectivity index (χ1n) is 9.68. The van der Waals surface area contributed by atoms with Crippen LogP contribution >= 0.6 is 11.8 Å². The summed E-state index contributed by atoms with van der Waals surface area (Å²) in [7, 11) is 3.16. The molecule has 2 aliphatic heterocycles. The van der Waals surface area contributed by atoms with E-state index in [2.05, 4.69) is 30.0 Å². The Morgan fingerprint density at radius 2 is 1.93 bits per heavy atom. The zero-order valence-electron chi connectivity index (χ0n) is 17.2. The molecule has 0 unspecified atom stereocenters. The van der Waals surface area contributed by atoms with Crippen LogP contribution in [-0.2, 0) is 4.79 Å². The van der Waals surface area contributed by atoms with Crippen molar-refractivity contribution in [1.82, 2.24) is 4.90 Å². The van der Waals surface area contributed by atoms with Gasteiger partial charge in [-0.2, -0.15) is 5.26 Å². The van der Waals surface area contributed by atoms with E-state index in [4.69, 9.17) is 9.47 Å². The van der Waals surface area contributed by atoms with E-state index in [1.54, 1.807) is 19.1 Å². The number of benzene rings is 2. The molecule has 154 valence electrons. The second kappa shape index (κ2) is 8.33. The molecule has 1 atom stereocenters. The monoisotopic (exact) mass is 421 g/mol. The minimum absolute atomic E-state index is 0.00431. The number of carbonyl (C=O) groups excluding carboxylic acids is 1. The molecule has 30 heavy (non-hydrogen) atoms. The van der Waals surface area contributed by atoms with Crippen molar-refractivity contribution in [2.24, 2.45) is 0 Å². The van der Waals surface area contributed by atoms with Gasteiger partial charge in [-0.05, 0) is 24.6 Å². The number of anilines is 1. The van der Waals surface area contributed by atoms with Crippen molar-refractivity contribution in [3.63, 3.8) is 0 Å². The minimum atomic E-state index is -0.351. The van der Waals surface area contributed by atoms with Crippen LogP contribution in [-0.4, -0.2) is 37.6 Å². The van der Waals surface area contributed by atoms with Gasteiger partial charge in [-0.1, -0.05) is 42.1 Å². The average molecular weight is 422 g/mol. The molecule has 1 saturated heterocycles. The Kier molecular flexibility index (Phi) is 5.60. The Morgan fingerprint density at radius 1 is 1.13 bits per heavy atom. The van der Waals surface area contributed by atoms with Crippen LogP contribution in [0.15, 0.2) is 53.1 Å². The Bertz CT molecular complexity index is 1060. The number of hydrogen-bond donors (Lipinski definition) is 0. The lowest BCUT2D eigenvalue weighted by molar-refractivity contribution is -0.129. The second-order valence-electron chi connectivity index (χ2n) is 7.23. The topological polar surface area (TPSA) is 65.8 Å². The van der Waals surface area contributed by atoms with E-state index >= 15 is 0 Å². The summed E-state index contributed by atoms with van der Waals surface area (Å²) < 4.78 is 11.0. The fourth-order valence-corrected chi connectivity index (χ4v) is 5.24. The molecule has 0 aromatic heterocycles. The number of aryl methyl sites for hydroxylation is 1. The summed E-state index contributed by atoms with van der Waals surface area (Å²) in [5.41, 5.74) is 3.67. The summed E-state index contributed by atoms with van der Waals surface area (Å²) in [5.74, 6) is 1.49. The first-order chi connectivity index (χ1) is 14.6. The average Bonchev–Trinajstić information content (AvgIpc) is 2.78. The zero-order chi connectivity index (χ0) is 21.3. The third-order valence-electron chi connectivity index (χ3n) is 5.56. The van der Waals surface area contributed by atoms with Crippen LogP contribution < -0.4 is 14.4 Å². The molecule has 1 fully saturated rings. The minimum Gasteiger partial charge on any atom is -0.493 e. The van der Waals surface area contributed by atoms with Crippen molar-refractivity contribution in [3.8, 4) is 17.6 Å². The van der Waals surface area contributed by atoms with Gasteiger partial charge in [0.1, 0.15) is 0 Å². The van der Waals surface area contributed by atoms with Gasteiger partial charge in [-0.25, -0.2) is 0 Å². The summed E-state index contributed by atoms with van der Waals surface area (Å²) in [5, 5.41) is 10.8. The first-order valence-corrected chi connectivity index (χ1v) is 10.7. The van der Waals surface area contributed by atoms with Gasteiger partial charge in [0.2, 0.25) is 5.91 Å². The van der Waals surface area contributed by atoms with Gasteiger partial charge in [0, 0.05) is 23.6 Å². The predicted molar refractivity (Wildman–Crippen MR) is 117 cm³/mol. The molecular weight excluding hydrogens is 398 g/mol. The second-order valence-corrected chi connectivity index (χ2v) is 8.17. The molecule has 0 bridgehead atoms. The highest BCUT2D eigenvalue weighted by Crippen LogP contribution is 2.47. The number of carbonyl (C=O) groups is 1. The molecule has 1 amide bonds. The van der Waals surface area contributed by atoms with Crippen LogP contribution in [0.2, 0.25) is 0 Å². The quantitative estimate of drug-likeness (QED) is 0.736. The molecule has 0 spiro atoms. The lowest BCUT2D eigenvalue weighted by Gasteiger charge is -2.42. The van der Waals surface area contributed by atoms with Gasteiger partial charge in [0.05, 0.1) is 43.4 Å². The third kappa shape index (κ3) is 3.37. The number of rotatable bonds is 4. The van der Waals surface area contributed by atoms with Crippen molar-refractivity contribution in [1.29, 1.82) is 5.26 Å². The Morgan fingerprint density at radius 3 is 2.63 bits per heavy atom. The van der Waals surface area contributed by atoms with E-state index < -0.39 is 0 Å². The molecule has 0 N–H and O–H groups in total. The molecule has 2 aromatic carbocycles. The number of amides is 1. The van der Waals surface area contributed by atoms with Crippen LogP contribution in [0.1, 0.15) is 23.5 Å². The van der Waals surface area contributed by atoms with Crippen molar-refractivity contribution in [3.05, 3.63) is 64.2 Å². The van der Waals surface area contributed by atoms with E-state index in [0.29, 0.717) is 29.6 Å². The van der Waals surface area contributed by atoms with Gasteiger partial charge in [0.25, 0.3) is 0 Å². The van der Waals surface area contributed by atoms with Gasteiger partial charge < -0.3 is 14.4 Å². The summed E-state index contributed by atoms with van der Waals surface area (Å²) in [6.07, 6.45) is 0.220. The molecule has 0 radical (unpaired) electrons. The summed E-state index contributed by atoms with van der Waals surface area (Å²) in [4.78, 5) is 17.1. The van der Waals surface area contributed by atoms with Gasteiger partial charge in [-0.3, -0.25) is 9.69 Å². The SMILES string of the molecule is COc1cccc([C@H]2CC(=O)N3CN(c4ccccc4C)CSC3=C2C#N)c1OC. The summed E-state index contributed by atoms with van der Waals surface area (Å²) in [6.45, 7) is 2.51. The Balaban J connectivity index is 1.72. The van der Waals surface area contributed by atoms with Gasteiger partial charge in [-0.15, -0.1) is 0 Å². The van der Waals surface area contributed by atoms with Gasteiger partial charge >= 0.3 is 0 Å². The number of fused-ring (bicyclic) bond motifs is 1. The standard InChI is InChI=1S/C23H23N3O3S/c1-15-7-4-5-9-19(15)25-13-26-21(27)11-17(18(12-24)23(26)30-14-25)16-8-6-10-20(28-2)22(16)29-3/h4-10,17H,11,13-14H2,1-3H3/t17-/m1/s1. The van der Waals surface area contributed by atoms with Crippen LogP contribution in [0, 0.1) is 18.3 Å². The van der Waals surface area contributed by atoms with E-state index in [0.717, 1.165) is 21.8 Å². The van der Waals surface area contributed by atoms with E-state index in [-0.39, 0.29) is 18.2 Å².